The molecular weight excluding hydrogens is 252 g/mol. The van der Waals surface area contributed by atoms with E-state index >= 15 is 0 Å². The highest BCUT2D eigenvalue weighted by Gasteiger charge is 2.13. The van der Waals surface area contributed by atoms with Crippen LogP contribution in [0.2, 0.25) is 0 Å². The summed E-state index contributed by atoms with van der Waals surface area (Å²) >= 11 is 1.21. The summed E-state index contributed by atoms with van der Waals surface area (Å²) in [5.74, 6) is 0.0540. The molecule has 0 unspecified atom stereocenters. The van der Waals surface area contributed by atoms with E-state index in [1.165, 1.54) is 29.9 Å². The van der Waals surface area contributed by atoms with Gasteiger partial charge in [-0.3, -0.25) is 9.78 Å². The lowest BCUT2D eigenvalue weighted by atomic mass is 10.5. The van der Waals surface area contributed by atoms with E-state index in [0.717, 1.165) is 13.0 Å². The first-order valence-corrected chi connectivity index (χ1v) is 6.26. The molecule has 94 valence electrons. The van der Waals surface area contributed by atoms with Crippen LogP contribution in [0.3, 0.4) is 0 Å². The lowest BCUT2D eigenvalue weighted by molar-refractivity contribution is 0.102. The summed E-state index contributed by atoms with van der Waals surface area (Å²) in [6, 6.07) is 0. The van der Waals surface area contributed by atoms with Crippen LogP contribution in [0.25, 0.3) is 0 Å². The number of carbonyl (C=O) groups is 1. The molecule has 0 bridgehead atoms. The van der Waals surface area contributed by atoms with Crippen LogP contribution in [0.4, 0.5) is 10.9 Å². The van der Waals surface area contributed by atoms with Crippen LogP contribution in [0.5, 0.6) is 0 Å². The molecular formula is C10H12N6OS. The molecule has 2 heterocycles. The Hall–Kier alpha value is -2.09. The fourth-order valence-corrected chi connectivity index (χ4v) is 1.82. The Morgan fingerprint density at radius 3 is 3.00 bits per heavy atom. The van der Waals surface area contributed by atoms with Gasteiger partial charge in [-0.1, -0.05) is 18.3 Å². The molecule has 0 aliphatic heterocycles. The normalized spacial score (nSPS) is 10.1. The molecule has 1 amide bonds. The molecule has 2 rings (SSSR count). The first-order valence-electron chi connectivity index (χ1n) is 5.44. The number of carbonyl (C=O) groups excluding carboxylic acids is 1. The third kappa shape index (κ3) is 3.20. The smallest absolute Gasteiger partial charge is 0.287 e. The number of aromatic nitrogens is 4. The molecule has 0 saturated heterocycles. The summed E-state index contributed by atoms with van der Waals surface area (Å²) in [4.78, 5) is 19.6. The number of amides is 1. The largest absolute Gasteiger partial charge is 0.360 e. The van der Waals surface area contributed by atoms with Gasteiger partial charge in [0.1, 0.15) is 0 Å². The SMILES string of the molecule is CCCNc1nnc(C(=O)Nc2cnccn2)s1. The van der Waals surface area contributed by atoms with Gasteiger partial charge < -0.3 is 10.6 Å². The molecule has 0 aromatic carbocycles. The Labute approximate surface area is 108 Å². The summed E-state index contributed by atoms with van der Waals surface area (Å²) in [5, 5.41) is 14.3. The van der Waals surface area contributed by atoms with E-state index < -0.39 is 0 Å². The van der Waals surface area contributed by atoms with E-state index in [-0.39, 0.29) is 5.91 Å². The van der Waals surface area contributed by atoms with E-state index in [9.17, 15) is 4.79 Å². The predicted molar refractivity (Wildman–Crippen MR) is 68.7 cm³/mol. The van der Waals surface area contributed by atoms with Crippen molar-refractivity contribution >= 4 is 28.2 Å². The molecule has 2 aromatic heterocycles. The summed E-state index contributed by atoms with van der Waals surface area (Å²) < 4.78 is 0. The van der Waals surface area contributed by atoms with Crippen molar-refractivity contribution in [3.05, 3.63) is 23.6 Å². The molecule has 2 N–H and O–H groups in total. The fraction of sp³-hybridized carbons (Fsp3) is 0.300. The van der Waals surface area contributed by atoms with Crippen LogP contribution in [-0.2, 0) is 0 Å². The van der Waals surface area contributed by atoms with Crippen molar-refractivity contribution in [1.82, 2.24) is 20.2 Å². The summed E-state index contributed by atoms with van der Waals surface area (Å²) in [5.41, 5.74) is 0. The van der Waals surface area contributed by atoms with Crippen LogP contribution in [0, 0.1) is 0 Å². The molecule has 0 aliphatic carbocycles. The predicted octanol–water partition coefficient (Wildman–Crippen LogP) is 1.40. The molecule has 2 aromatic rings. The summed E-state index contributed by atoms with van der Waals surface area (Å²) in [6.07, 6.45) is 5.49. The second-order valence-electron chi connectivity index (χ2n) is 3.38. The molecule has 0 radical (unpaired) electrons. The standard InChI is InChI=1S/C10H12N6OS/c1-2-3-13-10-16-15-9(18-10)8(17)14-7-6-11-4-5-12-7/h4-6H,2-3H2,1H3,(H,13,16)(H,12,14,17). The Kier molecular flexibility index (Phi) is 4.13. The zero-order chi connectivity index (χ0) is 12.8. The average Bonchev–Trinajstić information content (AvgIpc) is 2.86. The lowest BCUT2D eigenvalue weighted by Crippen LogP contribution is -2.12. The van der Waals surface area contributed by atoms with E-state index in [4.69, 9.17) is 0 Å². The lowest BCUT2D eigenvalue weighted by Gasteiger charge is -1.99. The number of rotatable bonds is 5. The van der Waals surface area contributed by atoms with Crippen LogP contribution in [-0.4, -0.2) is 32.6 Å². The van der Waals surface area contributed by atoms with Gasteiger partial charge in [0.05, 0.1) is 6.20 Å². The molecule has 8 heteroatoms. The average molecular weight is 264 g/mol. The zero-order valence-electron chi connectivity index (χ0n) is 9.75. The number of nitrogens with one attached hydrogen (secondary N) is 2. The van der Waals surface area contributed by atoms with Gasteiger partial charge in [-0.15, -0.1) is 10.2 Å². The van der Waals surface area contributed by atoms with Crippen molar-refractivity contribution in [2.75, 3.05) is 17.2 Å². The number of anilines is 2. The maximum atomic E-state index is 11.8. The highest BCUT2D eigenvalue weighted by atomic mass is 32.1. The van der Waals surface area contributed by atoms with Crippen molar-refractivity contribution in [1.29, 1.82) is 0 Å². The minimum absolute atomic E-state index is 0.291. The van der Waals surface area contributed by atoms with E-state index in [2.05, 4.69) is 37.7 Å². The van der Waals surface area contributed by atoms with Crippen LogP contribution >= 0.6 is 11.3 Å². The van der Waals surface area contributed by atoms with Gasteiger partial charge in [-0.2, -0.15) is 0 Å². The van der Waals surface area contributed by atoms with Gasteiger partial charge in [0, 0.05) is 18.9 Å². The minimum Gasteiger partial charge on any atom is -0.360 e. The topological polar surface area (TPSA) is 92.7 Å². The maximum absolute atomic E-state index is 11.8. The monoisotopic (exact) mass is 264 g/mol. The van der Waals surface area contributed by atoms with E-state index in [0.29, 0.717) is 16.0 Å². The summed E-state index contributed by atoms with van der Waals surface area (Å²) in [6.45, 7) is 2.86. The molecule has 0 aliphatic rings. The van der Waals surface area contributed by atoms with Crippen molar-refractivity contribution < 1.29 is 4.79 Å². The Bertz CT molecular complexity index is 514. The minimum atomic E-state index is -0.336. The highest BCUT2D eigenvalue weighted by molar-refractivity contribution is 7.17. The van der Waals surface area contributed by atoms with Crippen LogP contribution in [0.1, 0.15) is 23.1 Å². The second-order valence-corrected chi connectivity index (χ2v) is 4.36. The molecule has 0 atom stereocenters. The maximum Gasteiger partial charge on any atom is 0.287 e. The fourth-order valence-electron chi connectivity index (χ4n) is 1.15. The number of hydrogen-bond acceptors (Lipinski definition) is 7. The van der Waals surface area contributed by atoms with Gasteiger partial charge >= 0.3 is 0 Å². The number of nitrogens with zero attached hydrogens (tertiary/aromatic N) is 4. The Morgan fingerprint density at radius 1 is 1.39 bits per heavy atom. The molecule has 7 nitrogen and oxygen atoms in total. The number of hydrogen-bond donors (Lipinski definition) is 2. The quantitative estimate of drug-likeness (QED) is 0.848. The van der Waals surface area contributed by atoms with Crippen LogP contribution < -0.4 is 10.6 Å². The Balaban J connectivity index is 1.99. The third-order valence-electron chi connectivity index (χ3n) is 1.95. The van der Waals surface area contributed by atoms with Crippen molar-refractivity contribution in [3.8, 4) is 0 Å². The zero-order valence-corrected chi connectivity index (χ0v) is 10.6. The second kappa shape index (κ2) is 6.01. The first-order chi connectivity index (χ1) is 8.79. The van der Waals surface area contributed by atoms with Crippen molar-refractivity contribution in [3.63, 3.8) is 0 Å². The highest BCUT2D eigenvalue weighted by Crippen LogP contribution is 2.16. The Morgan fingerprint density at radius 2 is 2.28 bits per heavy atom. The van der Waals surface area contributed by atoms with Gasteiger partial charge in [-0.05, 0) is 6.42 Å². The van der Waals surface area contributed by atoms with Gasteiger partial charge in [0.15, 0.2) is 5.82 Å². The van der Waals surface area contributed by atoms with Crippen LogP contribution in [0.15, 0.2) is 18.6 Å². The van der Waals surface area contributed by atoms with Gasteiger partial charge in [0.25, 0.3) is 5.91 Å². The van der Waals surface area contributed by atoms with E-state index in [1.54, 1.807) is 0 Å². The van der Waals surface area contributed by atoms with Crippen molar-refractivity contribution in [2.24, 2.45) is 0 Å². The van der Waals surface area contributed by atoms with Gasteiger partial charge in [-0.25, -0.2) is 4.98 Å². The van der Waals surface area contributed by atoms with Gasteiger partial charge in [0.2, 0.25) is 10.1 Å². The third-order valence-corrected chi connectivity index (χ3v) is 2.83. The van der Waals surface area contributed by atoms with E-state index in [1.807, 2.05) is 0 Å². The summed E-state index contributed by atoms with van der Waals surface area (Å²) in [7, 11) is 0. The molecule has 0 spiro atoms. The van der Waals surface area contributed by atoms with Crippen molar-refractivity contribution in [2.45, 2.75) is 13.3 Å². The molecule has 0 fully saturated rings. The first kappa shape index (κ1) is 12.4. The molecule has 0 saturated carbocycles. The molecule has 18 heavy (non-hydrogen) atoms.